The van der Waals surface area contributed by atoms with E-state index in [4.69, 9.17) is 0 Å². The van der Waals surface area contributed by atoms with E-state index in [1.807, 2.05) is 24.7 Å². The topological polar surface area (TPSA) is 62.7 Å². The van der Waals surface area contributed by atoms with Crippen LogP contribution >= 0.6 is 11.3 Å². The van der Waals surface area contributed by atoms with Gasteiger partial charge in [-0.05, 0) is 13.3 Å². The van der Waals surface area contributed by atoms with Gasteiger partial charge >= 0.3 is 0 Å². The Morgan fingerprint density at radius 2 is 2.11 bits per heavy atom. The first kappa shape index (κ1) is 13.7. The van der Waals surface area contributed by atoms with E-state index in [9.17, 15) is 0 Å². The Bertz CT molecular complexity index is 498. The molecule has 0 spiro atoms. The van der Waals surface area contributed by atoms with Gasteiger partial charge < -0.3 is 10.6 Å². The number of aromatic nitrogens is 3. The number of hydrogen-bond donors (Lipinski definition) is 2. The fraction of sp³-hybridized carbons (Fsp3) is 0.462. The van der Waals surface area contributed by atoms with Crippen LogP contribution in [0.3, 0.4) is 0 Å². The molecular formula is C13H19N5S. The van der Waals surface area contributed by atoms with E-state index in [0.29, 0.717) is 5.95 Å². The number of nitrogens with one attached hydrogen (secondary N) is 2. The zero-order chi connectivity index (χ0) is 13.5. The second kappa shape index (κ2) is 7.04. The molecule has 6 heteroatoms. The Labute approximate surface area is 117 Å². The van der Waals surface area contributed by atoms with Crippen molar-refractivity contribution < 1.29 is 0 Å². The molecule has 0 aliphatic heterocycles. The van der Waals surface area contributed by atoms with Crippen molar-refractivity contribution in [2.24, 2.45) is 0 Å². The van der Waals surface area contributed by atoms with E-state index in [1.165, 1.54) is 0 Å². The molecule has 0 atom stereocenters. The Hall–Kier alpha value is -1.69. The van der Waals surface area contributed by atoms with Crippen LogP contribution in [0.2, 0.25) is 0 Å². The molecule has 2 rings (SSSR count). The first-order valence-electron chi connectivity index (χ1n) is 6.49. The summed E-state index contributed by atoms with van der Waals surface area (Å²) >= 11 is 1.68. The zero-order valence-electron chi connectivity index (χ0n) is 11.3. The van der Waals surface area contributed by atoms with Gasteiger partial charge in [-0.3, -0.25) is 0 Å². The Balaban J connectivity index is 1.90. The summed E-state index contributed by atoms with van der Waals surface area (Å²) in [6, 6.07) is 0. The van der Waals surface area contributed by atoms with Gasteiger partial charge in [-0.25, -0.2) is 9.97 Å². The zero-order valence-corrected chi connectivity index (χ0v) is 12.1. The molecule has 19 heavy (non-hydrogen) atoms. The summed E-state index contributed by atoms with van der Waals surface area (Å²) in [6.45, 7) is 5.85. The molecule has 2 N–H and O–H groups in total. The summed E-state index contributed by atoms with van der Waals surface area (Å²) in [5.41, 5.74) is 1.06. The molecule has 2 aromatic heterocycles. The smallest absolute Gasteiger partial charge is 0.224 e. The lowest BCUT2D eigenvalue weighted by atomic mass is 10.3. The van der Waals surface area contributed by atoms with Gasteiger partial charge in [0.25, 0.3) is 0 Å². The van der Waals surface area contributed by atoms with Gasteiger partial charge in [0.15, 0.2) is 0 Å². The lowest BCUT2D eigenvalue weighted by Crippen LogP contribution is -2.11. The predicted octanol–water partition coefficient (Wildman–Crippen LogP) is 2.72. The van der Waals surface area contributed by atoms with Crippen LogP contribution < -0.4 is 10.6 Å². The second-order valence-corrected chi connectivity index (χ2v) is 5.23. The molecule has 0 aliphatic carbocycles. The highest BCUT2D eigenvalue weighted by molar-refractivity contribution is 7.09. The molecule has 0 fully saturated rings. The van der Waals surface area contributed by atoms with E-state index in [1.54, 1.807) is 11.3 Å². The quantitative estimate of drug-likeness (QED) is 0.814. The van der Waals surface area contributed by atoms with Gasteiger partial charge in [0.05, 0.1) is 5.01 Å². The standard InChI is InChI=1S/C13H19N5S/c1-3-5-16-13-17-9-10(2)12(18-13)15-6-4-11-14-7-8-19-11/h7-9H,3-6H2,1-2H3,(H2,15,16,17,18). The molecule has 0 aliphatic rings. The SMILES string of the molecule is CCCNc1ncc(C)c(NCCc2nccs2)n1. The van der Waals surface area contributed by atoms with Gasteiger partial charge in [-0.15, -0.1) is 11.3 Å². The van der Waals surface area contributed by atoms with E-state index in [2.05, 4.69) is 32.5 Å². The molecule has 2 aromatic rings. The number of thiazole rings is 1. The molecule has 0 bridgehead atoms. The number of hydrogen-bond acceptors (Lipinski definition) is 6. The third-order valence-corrected chi connectivity index (χ3v) is 3.46. The third-order valence-electron chi connectivity index (χ3n) is 2.62. The summed E-state index contributed by atoms with van der Waals surface area (Å²) in [5, 5.41) is 9.68. The molecular weight excluding hydrogens is 258 g/mol. The fourth-order valence-corrected chi connectivity index (χ4v) is 2.23. The molecule has 102 valence electrons. The van der Waals surface area contributed by atoms with Crippen LogP contribution in [-0.4, -0.2) is 28.0 Å². The summed E-state index contributed by atoms with van der Waals surface area (Å²) in [5.74, 6) is 1.58. The minimum Gasteiger partial charge on any atom is -0.369 e. The lowest BCUT2D eigenvalue weighted by molar-refractivity contribution is 0.940. The first-order valence-corrected chi connectivity index (χ1v) is 7.37. The minimum absolute atomic E-state index is 0.684. The van der Waals surface area contributed by atoms with Crippen LogP contribution in [0.1, 0.15) is 23.9 Å². The van der Waals surface area contributed by atoms with E-state index < -0.39 is 0 Å². The van der Waals surface area contributed by atoms with Crippen LogP contribution in [0.25, 0.3) is 0 Å². The highest BCUT2D eigenvalue weighted by Crippen LogP contribution is 2.13. The molecule has 0 radical (unpaired) electrons. The van der Waals surface area contributed by atoms with E-state index in [0.717, 1.165) is 42.3 Å². The monoisotopic (exact) mass is 277 g/mol. The Kier molecular flexibility index (Phi) is 5.09. The van der Waals surface area contributed by atoms with Gasteiger partial charge in [-0.2, -0.15) is 4.98 Å². The highest BCUT2D eigenvalue weighted by atomic mass is 32.1. The van der Waals surface area contributed by atoms with Crippen LogP contribution in [0, 0.1) is 6.92 Å². The van der Waals surface area contributed by atoms with Crippen LogP contribution in [0.5, 0.6) is 0 Å². The maximum Gasteiger partial charge on any atom is 0.224 e. The Morgan fingerprint density at radius 1 is 1.21 bits per heavy atom. The summed E-state index contributed by atoms with van der Waals surface area (Å²) in [4.78, 5) is 13.0. The van der Waals surface area contributed by atoms with Crippen LogP contribution in [0.15, 0.2) is 17.8 Å². The third kappa shape index (κ3) is 4.17. The maximum atomic E-state index is 4.48. The maximum absolute atomic E-state index is 4.48. The van der Waals surface area contributed by atoms with E-state index >= 15 is 0 Å². The van der Waals surface area contributed by atoms with Crippen molar-refractivity contribution in [1.82, 2.24) is 15.0 Å². The average Bonchev–Trinajstić information content (AvgIpc) is 2.92. The van der Waals surface area contributed by atoms with Crippen LogP contribution in [0.4, 0.5) is 11.8 Å². The minimum atomic E-state index is 0.684. The van der Waals surface area contributed by atoms with Crippen molar-refractivity contribution in [1.29, 1.82) is 0 Å². The predicted molar refractivity (Wildman–Crippen MR) is 79.9 cm³/mol. The number of nitrogens with zero attached hydrogens (tertiary/aromatic N) is 3. The van der Waals surface area contributed by atoms with Crippen molar-refractivity contribution in [3.05, 3.63) is 28.3 Å². The van der Waals surface area contributed by atoms with Crippen molar-refractivity contribution in [3.63, 3.8) is 0 Å². The molecule has 0 saturated heterocycles. The number of anilines is 2. The summed E-state index contributed by atoms with van der Waals surface area (Å²) in [7, 11) is 0. The summed E-state index contributed by atoms with van der Waals surface area (Å²) in [6.07, 6.45) is 5.66. The molecule has 0 aromatic carbocycles. The molecule has 5 nitrogen and oxygen atoms in total. The van der Waals surface area contributed by atoms with Crippen molar-refractivity contribution >= 4 is 23.1 Å². The van der Waals surface area contributed by atoms with Gasteiger partial charge in [0.2, 0.25) is 5.95 Å². The normalized spacial score (nSPS) is 10.4. The molecule has 0 unspecified atom stereocenters. The van der Waals surface area contributed by atoms with Crippen molar-refractivity contribution in [2.75, 3.05) is 23.7 Å². The second-order valence-electron chi connectivity index (χ2n) is 4.25. The molecule has 0 amide bonds. The highest BCUT2D eigenvalue weighted by Gasteiger charge is 2.03. The van der Waals surface area contributed by atoms with E-state index in [-0.39, 0.29) is 0 Å². The number of aryl methyl sites for hydroxylation is 1. The largest absolute Gasteiger partial charge is 0.369 e. The van der Waals surface area contributed by atoms with Gasteiger partial charge in [0.1, 0.15) is 5.82 Å². The molecule has 2 heterocycles. The first-order chi connectivity index (χ1) is 9.29. The van der Waals surface area contributed by atoms with Crippen molar-refractivity contribution in [3.8, 4) is 0 Å². The van der Waals surface area contributed by atoms with Gasteiger partial charge in [-0.1, -0.05) is 6.92 Å². The average molecular weight is 277 g/mol. The van der Waals surface area contributed by atoms with Crippen molar-refractivity contribution in [2.45, 2.75) is 26.7 Å². The summed E-state index contributed by atoms with van der Waals surface area (Å²) < 4.78 is 0. The number of rotatable bonds is 7. The fourth-order valence-electron chi connectivity index (χ4n) is 1.61. The van der Waals surface area contributed by atoms with Gasteiger partial charge in [0, 0.05) is 42.8 Å². The lowest BCUT2D eigenvalue weighted by Gasteiger charge is -2.10. The molecule has 0 saturated carbocycles. The van der Waals surface area contributed by atoms with Crippen LogP contribution in [-0.2, 0) is 6.42 Å². The Morgan fingerprint density at radius 3 is 2.84 bits per heavy atom.